The summed E-state index contributed by atoms with van der Waals surface area (Å²) in [5.74, 6) is 5.47. The number of nitrogens with one attached hydrogen (secondary N) is 2. The Kier molecular flexibility index (Phi) is 4.79. The van der Waals surface area contributed by atoms with Gasteiger partial charge in [0.15, 0.2) is 0 Å². The van der Waals surface area contributed by atoms with E-state index in [1.165, 1.54) is 0 Å². The molecule has 5 N–H and O–H groups in total. The highest BCUT2D eigenvalue weighted by Crippen LogP contribution is 2.14. The molecular weight excluding hydrogens is 266 g/mol. The van der Waals surface area contributed by atoms with Gasteiger partial charge in [-0.25, -0.2) is 0 Å². The van der Waals surface area contributed by atoms with E-state index in [9.17, 15) is 9.90 Å². The second-order valence-corrected chi connectivity index (χ2v) is 4.85. The molecule has 5 nitrogen and oxygen atoms in total. The van der Waals surface area contributed by atoms with E-state index in [1.54, 1.807) is 24.3 Å². The van der Waals surface area contributed by atoms with Crippen molar-refractivity contribution in [3.63, 3.8) is 0 Å². The molecular formula is C16H19N3O2. The van der Waals surface area contributed by atoms with Crippen LogP contribution < -0.4 is 16.6 Å². The Morgan fingerprint density at radius 2 is 1.90 bits per heavy atom. The average Bonchev–Trinajstić information content (AvgIpc) is 2.49. The molecule has 0 aliphatic rings. The highest BCUT2D eigenvalue weighted by molar-refractivity contribution is 5.96. The van der Waals surface area contributed by atoms with Crippen LogP contribution in [-0.2, 0) is 6.42 Å². The van der Waals surface area contributed by atoms with Gasteiger partial charge in [0, 0.05) is 17.8 Å². The molecule has 2 rings (SSSR count). The van der Waals surface area contributed by atoms with Crippen molar-refractivity contribution in [3.05, 3.63) is 59.2 Å². The number of hydrogen-bond donors (Lipinski definition) is 4. The number of rotatable bonds is 5. The summed E-state index contributed by atoms with van der Waals surface area (Å²) in [6, 6.07) is 12.3. The molecule has 0 unspecified atom stereocenters. The van der Waals surface area contributed by atoms with E-state index in [0.29, 0.717) is 18.5 Å². The Balaban J connectivity index is 1.91. The van der Waals surface area contributed by atoms with Gasteiger partial charge in [-0.2, -0.15) is 0 Å². The number of hydrogen-bond acceptors (Lipinski definition) is 4. The minimum Gasteiger partial charge on any atom is -0.508 e. The molecule has 0 fully saturated rings. The maximum atomic E-state index is 12.1. The zero-order chi connectivity index (χ0) is 15.2. The topological polar surface area (TPSA) is 87.4 Å². The molecule has 0 radical (unpaired) electrons. The number of nitrogens with two attached hydrogens (primary N) is 1. The molecule has 0 aliphatic heterocycles. The summed E-state index contributed by atoms with van der Waals surface area (Å²) in [5.41, 5.74) is 5.89. The standard InChI is InChI=1S/C16H19N3O2/c1-11-10-13(19-17)4-7-15(11)16(21)18-9-8-12-2-5-14(20)6-3-12/h2-7,10,19-20H,8-9,17H2,1H3,(H,18,21). The van der Waals surface area contributed by atoms with Gasteiger partial charge in [-0.05, 0) is 54.8 Å². The first-order valence-electron chi connectivity index (χ1n) is 6.73. The highest BCUT2D eigenvalue weighted by atomic mass is 16.3. The first-order chi connectivity index (χ1) is 10.1. The lowest BCUT2D eigenvalue weighted by Crippen LogP contribution is -2.26. The summed E-state index contributed by atoms with van der Waals surface area (Å²) in [7, 11) is 0. The number of phenolic OH excluding ortho intramolecular Hbond substituents is 1. The molecule has 2 aromatic carbocycles. The van der Waals surface area contributed by atoms with Gasteiger partial charge in [-0.1, -0.05) is 12.1 Å². The van der Waals surface area contributed by atoms with Crippen LogP contribution in [0, 0.1) is 6.92 Å². The van der Waals surface area contributed by atoms with Crippen molar-refractivity contribution in [1.29, 1.82) is 0 Å². The number of anilines is 1. The number of benzene rings is 2. The van der Waals surface area contributed by atoms with Gasteiger partial charge in [0.2, 0.25) is 0 Å². The summed E-state index contributed by atoms with van der Waals surface area (Å²) in [6.45, 7) is 2.41. The molecule has 0 aromatic heterocycles. The van der Waals surface area contributed by atoms with Crippen LogP contribution in [-0.4, -0.2) is 17.6 Å². The van der Waals surface area contributed by atoms with Crippen LogP contribution in [0.3, 0.4) is 0 Å². The molecule has 0 aliphatic carbocycles. The Labute approximate surface area is 123 Å². The van der Waals surface area contributed by atoms with Gasteiger partial charge in [0.05, 0.1) is 0 Å². The first-order valence-corrected chi connectivity index (χ1v) is 6.73. The van der Waals surface area contributed by atoms with Crippen molar-refractivity contribution < 1.29 is 9.90 Å². The first kappa shape index (κ1) is 14.9. The number of carbonyl (C=O) groups is 1. The van der Waals surface area contributed by atoms with Gasteiger partial charge in [-0.3, -0.25) is 10.6 Å². The van der Waals surface area contributed by atoms with Crippen LogP contribution in [0.4, 0.5) is 5.69 Å². The van der Waals surface area contributed by atoms with Gasteiger partial charge in [-0.15, -0.1) is 0 Å². The van der Waals surface area contributed by atoms with E-state index in [4.69, 9.17) is 5.84 Å². The minimum absolute atomic E-state index is 0.102. The van der Waals surface area contributed by atoms with Crippen molar-refractivity contribution in [2.75, 3.05) is 12.0 Å². The third-order valence-electron chi connectivity index (χ3n) is 3.27. The molecule has 0 saturated carbocycles. The van der Waals surface area contributed by atoms with Gasteiger partial charge in [0.25, 0.3) is 5.91 Å². The second-order valence-electron chi connectivity index (χ2n) is 4.85. The fourth-order valence-electron chi connectivity index (χ4n) is 2.09. The summed E-state index contributed by atoms with van der Waals surface area (Å²) in [6.07, 6.45) is 0.716. The van der Waals surface area contributed by atoms with Crippen LogP contribution in [0.1, 0.15) is 21.5 Å². The number of nitrogen functional groups attached to an aromatic ring is 1. The number of aromatic hydroxyl groups is 1. The molecule has 1 amide bonds. The van der Waals surface area contributed by atoms with E-state index >= 15 is 0 Å². The monoisotopic (exact) mass is 285 g/mol. The lowest BCUT2D eigenvalue weighted by atomic mass is 10.1. The van der Waals surface area contributed by atoms with Crippen LogP contribution in [0.25, 0.3) is 0 Å². The number of carbonyl (C=O) groups excluding carboxylic acids is 1. The Hall–Kier alpha value is -2.53. The highest BCUT2D eigenvalue weighted by Gasteiger charge is 2.08. The molecule has 0 bridgehead atoms. The number of hydrazine groups is 1. The summed E-state index contributed by atoms with van der Waals surface area (Å²) in [5, 5.41) is 12.1. The van der Waals surface area contributed by atoms with Crippen LogP contribution in [0.15, 0.2) is 42.5 Å². The smallest absolute Gasteiger partial charge is 0.251 e. The molecule has 21 heavy (non-hydrogen) atoms. The molecule has 110 valence electrons. The Morgan fingerprint density at radius 1 is 1.19 bits per heavy atom. The fourth-order valence-corrected chi connectivity index (χ4v) is 2.09. The van der Waals surface area contributed by atoms with E-state index < -0.39 is 0 Å². The quantitative estimate of drug-likeness (QED) is 0.499. The van der Waals surface area contributed by atoms with Gasteiger partial charge in [0.1, 0.15) is 5.75 Å². The zero-order valence-electron chi connectivity index (χ0n) is 11.9. The summed E-state index contributed by atoms with van der Waals surface area (Å²) >= 11 is 0. The average molecular weight is 285 g/mol. The molecule has 0 atom stereocenters. The van der Waals surface area contributed by atoms with Gasteiger partial charge < -0.3 is 15.8 Å². The predicted molar refractivity (Wildman–Crippen MR) is 83.1 cm³/mol. The molecule has 2 aromatic rings. The lowest BCUT2D eigenvalue weighted by Gasteiger charge is -2.09. The van der Waals surface area contributed by atoms with E-state index in [1.807, 2.05) is 25.1 Å². The molecule has 0 spiro atoms. The molecule has 0 heterocycles. The van der Waals surface area contributed by atoms with Crippen LogP contribution in [0.2, 0.25) is 0 Å². The Morgan fingerprint density at radius 3 is 2.52 bits per heavy atom. The van der Waals surface area contributed by atoms with E-state index in [0.717, 1.165) is 16.8 Å². The second kappa shape index (κ2) is 6.76. The van der Waals surface area contributed by atoms with Crippen molar-refractivity contribution >= 4 is 11.6 Å². The van der Waals surface area contributed by atoms with E-state index in [2.05, 4.69) is 10.7 Å². The minimum atomic E-state index is -0.102. The maximum Gasteiger partial charge on any atom is 0.251 e. The van der Waals surface area contributed by atoms with E-state index in [-0.39, 0.29) is 11.7 Å². The SMILES string of the molecule is Cc1cc(NN)ccc1C(=O)NCCc1ccc(O)cc1. The normalized spacial score (nSPS) is 10.2. The van der Waals surface area contributed by atoms with Crippen molar-refractivity contribution in [1.82, 2.24) is 5.32 Å². The van der Waals surface area contributed by atoms with Crippen molar-refractivity contribution in [3.8, 4) is 5.75 Å². The molecule has 0 saturated heterocycles. The summed E-state index contributed by atoms with van der Waals surface area (Å²) in [4.78, 5) is 12.1. The molecule has 5 heteroatoms. The Bertz CT molecular complexity index is 624. The largest absolute Gasteiger partial charge is 0.508 e. The number of phenols is 1. The lowest BCUT2D eigenvalue weighted by molar-refractivity contribution is 0.0953. The van der Waals surface area contributed by atoms with Crippen molar-refractivity contribution in [2.45, 2.75) is 13.3 Å². The fraction of sp³-hybridized carbons (Fsp3) is 0.188. The number of amides is 1. The van der Waals surface area contributed by atoms with Crippen molar-refractivity contribution in [2.24, 2.45) is 5.84 Å². The predicted octanol–water partition coefficient (Wildman–Crippen LogP) is 1.96. The third-order valence-corrected chi connectivity index (χ3v) is 3.27. The summed E-state index contributed by atoms with van der Waals surface area (Å²) < 4.78 is 0. The van der Waals surface area contributed by atoms with Crippen LogP contribution in [0.5, 0.6) is 5.75 Å². The maximum absolute atomic E-state index is 12.1. The zero-order valence-corrected chi connectivity index (χ0v) is 11.9. The number of aryl methyl sites for hydroxylation is 1. The third kappa shape index (κ3) is 3.97. The van der Waals surface area contributed by atoms with Gasteiger partial charge >= 0.3 is 0 Å². The van der Waals surface area contributed by atoms with Crippen LogP contribution >= 0.6 is 0 Å².